The van der Waals surface area contributed by atoms with E-state index in [0.29, 0.717) is 5.56 Å². The third-order valence-corrected chi connectivity index (χ3v) is 4.03. The molecule has 9 nitrogen and oxygen atoms in total. The van der Waals surface area contributed by atoms with Crippen LogP contribution in [0.2, 0.25) is 0 Å². The lowest BCUT2D eigenvalue weighted by Crippen LogP contribution is -2.49. The first-order valence-corrected chi connectivity index (χ1v) is 9.99. The van der Waals surface area contributed by atoms with Crippen LogP contribution in [0.15, 0.2) is 53.6 Å². The van der Waals surface area contributed by atoms with E-state index in [1.807, 2.05) is 30.3 Å². The van der Waals surface area contributed by atoms with E-state index in [4.69, 9.17) is 14.2 Å². The number of methoxy groups -OCH3 is 1. The molecule has 0 unspecified atom stereocenters. The topological polar surface area (TPSA) is 118 Å². The van der Waals surface area contributed by atoms with E-state index in [-0.39, 0.29) is 24.7 Å². The normalized spacial score (nSPS) is 12.2. The Hall–Kier alpha value is -3.59. The number of alkyl carbamates (subject to hydrolysis) is 1. The molecule has 9 heteroatoms. The minimum atomic E-state index is -1.05. The lowest BCUT2D eigenvalue weighted by molar-refractivity contribution is -0.124. The summed E-state index contributed by atoms with van der Waals surface area (Å²) in [6.45, 7) is 5.33. The molecular weight excluding hydrogens is 414 g/mol. The lowest BCUT2D eigenvalue weighted by Gasteiger charge is -2.22. The van der Waals surface area contributed by atoms with Crippen molar-refractivity contribution in [2.45, 2.75) is 39.0 Å². The summed E-state index contributed by atoms with van der Waals surface area (Å²) in [4.78, 5) is 24.8. The number of carbonyl (C=O) groups is 2. The molecule has 0 fully saturated rings. The molecule has 2 rings (SSSR count). The van der Waals surface area contributed by atoms with Crippen molar-refractivity contribution < 1.29 is 28.9 Å². The van der Waals surface area contributed by atoms with Crippen molar-refractivity contribution in [3.05, 3.63) is 59.7 Å². The Kier molecular flexibility index (Phi) is 9.03. The predicted molar refractivity (Wildman–Crippen MR) is 120 cm³/mol. The minimum Gasteiger partial charge on any atom is -0.504 e. The van der Waals surface area contributed by atoms with Crippen molar-refractivity contribution in [2.24, 2.45) is 5.10 Å². The van der Waals surface area contributed by atoms with E-state index in [1.165, 1.54) is 13.3 Å². The SMILES string of the molecule is COc1cccc(/C=N\NC(=O)[C@H](COCc2ccccc2)NC(=O)OC(C)(C)C)c1O. The Morgan fingerprint density at radius 1 is 1.12 bits per heavy atom. The molecule has 0 radical (unpaired) electrons. The number of amides is 2. The molecule has 0 aliphatic heterocycles. The summed E-state index contributed by atoms with van der Waals surface area (Å²) in [6, 6.07) is 13.2. The van der Waals surface area contributed by atoms with Crippen molar-refractivity contribution in [1.82, 2.24) is 10.7 Å². The number of hydrogen-bond acceptors (Lipinski definition) is 7. The first-order valence-electron chi connectivity index (χ1n) is 9.99. The Morgan fingerprint density at radius 3 is 2.50 bits per heavy atom. The lowest BCUT2D eigenvalue weighted by atomic mass is 10.2. The van der Waals surface area contributed by atoms with E-state index in [9.17, 15) is 14.7 Å². The first-order chi connectivity index (χ1) is 15.2. The molecule has 3 N–H and O–H groups in total. The quantitative estimate of drug-likeness (QED) is 0.405. The largest absolute Gasteiger partial charge is 0.504 e. The molecule has 0 saturated carbocycles. The second-order valence-electron chi connectivity index (χ2n) is 7.83. The zero-order chi connectivity index (χ0) is 23.6. The molecule has 1 atom stereocenters. The van der Waals surface area contributed by atoms with Crippen molar-refractivity contribution in [3.8, 4) is 11.5 Å². The smallest absolute Gasteiger partial charge is 0.408 e. The number of phenolic OH excluding ortho intramolecular Hbond substituents is 1. The minimum absolute atomic E-state index is 0.0973. The average Bonchev–Trinajstić information content (AvgIpc) is 2.73. The number of phenols is 1. The summed E-state index contributed by atoms with van der Waals surface area (Å²) in [5.74, 6) is -0.441. The van der Waals surface area contributed by atoms with Gasteiger partial charge in [-0.3, -0.25) is 4.79 Å². The van der Waals surface area contributed by atoms with Crippen LogP contribution in [0.1, 0.15) is 31.9 Å². The van der Waals surface area contributed by atoms with Gasteiger partial charge in [-0.1, -0.05) is 36.4 Å². The van der Waals surface area contributed by atoms with Gasteiger partial charge in [0.1, 0.15) is 11.6 Å². The Bertz CT molecular complexity index is 925. The van der Waals surface area contributed by atoms with Gasteiger partial charge >= 0.3 is 6.09 Å². The standard InChI is InChI=1S/C23H29N3O6/c1-23(2,3)32-22(29)25-18(15-31-14-16-9-6-5-7-10-16)21(28)26-24-13-17-11-8-12-19(30-4)20(17)27/h5-13,18,27H,14-15H2,1-4H3,(H,25,29)(H,26,28)/b24-13-/t18-/m0/s1. The number of carbonyl (C=O) groups excluding carboxylic acids is 2. The highest BCUT2D eigenvalue weighted by atomic mass is 16.6. The second-order valence-corrected chi connectivity index (χ2v) is 7.83. The van der Waals surface area contributed by atoms with E-state index >= 15 is 0 Å². The molecule has 0 saturated heterocycles. The maximum Gasteiger partial charge on any atom is 0.408 e. The molecule has 172 valence electrons. The molecule has 0 aliphatic rings. The van der Waals surface area contributed by atoms with E-state index in [0.717, 1.165) is 5.56 Å². The molecule has 2 aromatic rings. The number of nitrogens with one attached hydrogen (secondary N) is 2. The molecule has 0 spiro atoms. The Morgan fingerprint density at radius 2 is 1.84 bits per heavy atom. The molecule has 32 heavy (non-hydrogen) atoms. The number of para-hydroxylation sites is 1. The van der Waals surface area contributed by atoms with Gasteiger partial charge in [0.05, 0.1) is 26.5 Å². The summed E-state index contributed by atoms with van der Waals surface area (Å²) >= 11 is 0. The van der Waals surface area contributed by atoms with Gasteiger partial charge in [-0.2, -0.15) is 5.10 Å². The van der Waals surface area contributed by atoms with Crippen molar-refractivity contribution >= 4 is 18.2 Å². The molecular formula is C23H29N3O6. The maximum absolute atomic E-state index is 12.6. The maximum atomic E-state index is 12.6. The van der Waals surface area contributed by atoms with E-state index < -0.39 is 23.6 Å². The predicted octanol–water partition coefficient (Wildman–Crippen LogP) is 2.96. The monoisotopic (exact) mass is 443 g/mol. The molecule has 0 aromatic heterocycles. The molecule has 0 bridgehead atoms. The van der Waals surface area contributed by atoms with Crippen LogP contribution in [0, 0.1) is 0 Å². The number of hydrazone groups is 1. The fourth-order valence-corrected chi connectivity index (χ4v) is 2.55. The van der Waals surface area contributed by atoms with Gasteiger partial charge in [-0.15, -0.1) is 0 Å². The summed E-state index contributed by atoms with van der Waals surface area (Å²) in [6.07, 6.45) is 0.515. The molecule has 0 heterocycles. The number of ether oxygens (including phenoxy) is 3. The van der Waals surface area contributed by atoms with Crippen LogP contribution in [-0.2, 0) is 20.9 Å². The van der Waals surface area contributed by atoms with Crippen LogP contribution in [0.5, 0.6) is 11.5 Å². The zero-order valence-electron chi connectivity index (χ0n) is 18.6. The van der Waals surface area contributed by atoms with E-state index in [1.54, 1.807) is 39.0 Å². The van der Waals surface area contributed by atoms with Crippen molar-refractivity contribution in [3.63, 3.8) is 0 Å². The Labute approximate surface area is 187 Å². The molecule has 0 aliphatic carbocycles. The second kappa shape index (κ2) is 11.7. The molecule has 2 aromatic carbocycles. The van der Waals surface area contributed by atoms with Gasteiger partial charge in [0.25, 0.3) is 5.91 Å². The van der Waals surface area contributed by atoms with Gasteiger partial charge < -0.3 is 24.6 Å². The highest BCUT2D eigenvalue weighted by Gasteiger charge is 2.24. The van der Waals surface area contributed by atoms with Gasteiger partial charge in [0, 0.05) is 5.56 Å². The summed E-state index contributed by atoms with van der Waals surface area (Å²) in [7, 11) is 1.43. The summed E-state index contributed by atoms with van der Waals surface area (Å²) in [5.41, 5.74) is 2.89. The summed E-state index contributed by atoms with van der Waals surface area (Å²) in [5, 5.41) is 16.4. The third kappa shape index (κ3) is 8.27. The first kappa shape index (κ1) is 24.7. The highest BCUT2D eigenvalue weighted by Crippen LogP contribution is 2.27. The van der Waals surface area contributed by atoms with Crippen LogP contribution < -0.4 is 15.5 Å². The number of nitrogens with zero attached hydrogens (tertiary/aromatic N) is 1. The Balaban J connectivity index is 2.02. The van der Waals surface area contributed by atoms with E-state index in [2.05, 4.69) is 15.8 Å². The molecule has 2 amide bonds. The van der Waals surface area contributed by atoms with Crippen LogP contribution in [0.4, 0.5) is 4.79 Å². The average molecular weight is 444 g/mol. The van der Waals surface area contributed by atoms with Crippen molar-refractivity contribution in [1.29, 1.82) is 0 Å². The van der Waals surface area contributed by atoms with Crippen LogP contribution in [0.3, 0.4) is 0 Å². The van der Waals surface area contributed by atoms with Gasteiger partial charge in [-0.25, -0.2) is 10.2 Å². The zero-order valence-corrected chi connectivity index (χ0v) is 18.6. The fourth-order valence-electron chi connectivity index (χ4n) is 2.55. The van der Waals surface area contributed by atoms with Crippen LogP contribution in [0.25, 0.3) is 0 Å². The fraction of sp³-hybridized carbons (Fsp3) is 0.348. The highest BCUT2D eigenvalue weighted by molar-refractivity contribution is 5.89. The number of rotatable bonds is 9. The van der Waals surface area contributed by atoms with Gasteiger partial charge in [0.15, 0.2) is 11.5 Å². The van der Waals surface area contributed by atoms with Crippen LogP contribution in [-0.4, -0.2) is 48.7 Å². The number of aromatic hydroxyl groups is 1. The van der Waals surface area contributed by atoms with Gasteiger partial charge in [-0.05, 0) is 38.5 Å². The van der Waals surface area contributed by atoms with Crippen molar-refractivity contribution in [2.75, 3.05) is 13.7 Å². The summed E-state index contributed by atoms with van der Waals surface area (Å²) < 4.78 is 15.9. The number of hydrogen-bond donors (Lipinski definition) is 3. The third-order valence-electron chi connectivity index (χ3n) is 4.03. The number of benzene rings is 2. The van der Waals surface area contributed by atoms with Gasteiger partial charge in [0.2, 0.25) is 0 Å². The van der Waals surface area contributed by atoms with Crippen LogP contribution >= 0.6 is 0 Å².